The highest BCUT2D eigenvalue weighted by molar-refractivity contribution is 5.78. The summed E-state index contributed by atoms with van der Waals surface area (Å²) in [7, 11) is 0. The highest BCUT2D eigenvalue weighted by Gasteiger charge is 2.33. The molecule has 2 atom stereocenters. The van der Waals surface area contributed by atoms with Gasteiger partial charge in [0.1, 0.15) is 6.61 Å². The SMILES string of the molecule is CC(C)N1CC(C2CCCNC2)OCC1=O. The van der Waals surface area contributed by atoms with Crippen molar-refractivity contribution in [3.8, 4) is 0 Å². The van der Waals surface area contributed by atoms with Crippen LogP contribution in [0.5, 0.6) is 0 Å². The normalized spacial score (nSPS) is 32.2. The maximum Gasteiger partial charge on any atom is 0.248 e. The number of rotatable bonds is 2. The summed E-state index contributed by atoms with van der Waals surface area (Å²) in [6.45, 7) is 7.32. The van der Waals surface area contributed by atoms with Crippen LogP contribution in [-0.2, 0) is 9.53 Å². The molecule has 1 N–H and O–H groups in total. The topological polar surface area (TPSA) is 41.6 Å². The van der Waals surface area contributed by atoms with E-state index in [0.717, 1.165) is 19.6 Å². The van der Waals surface area contributed by atoms with E-state index in [2.05, 4.69) is 19.2 Å². The van der Waals surface area contributed by atoms with Crippen LogP contribution in [0.4, 0.5) is 0 Å². The van der Waals surface area contributed by atoms with Crippen molar-refractivity contribution in [2.24, 2.45) is 5.92 Å². The van der Waals surface area contributed by atoms with Gasteiger partial charge in [0.05, 0.1) is 6.10 Å². The lowest BCUT2D eigenvalue weighted by molar-refractivity contribution is -0.155. The summed E-state index contributed by atoms with van der Waals surface area (Å²) < 4.78 is 5.68. The Morgan fingerprint density at radius 3 is 2.94 bits per heavy atom. The first-order valence-corrected chi connectivity index (χ1v) is 6.30. The van der Waals surface area contributed by atoms with Crippen LogP contribution in [0.3, 0.4) is 0 Å². The van der Waals surface area contributed by atoms with Crippen molar-refractivity contribution in [3.63, 3.8) is 0 Å². The van der Waals surface area contributed by atoms with Crippen LogP contribution in [0, 0.1) is 5.92 Å². The molecule has 0 saturated carbocycles. The fraction of sp³-hybridized carbons (Fsp3) is 0.917. The van der Waals surface area contributed by atoms with Crippen LogP contribution in [0.25, 0.3) is 0 Å². The number of piperidine rings is 1. The Morgan fingerprint density at radius 1 is 1.50 bits per heavy atom. The van der Waals surface area contributed by atoms with Gasteiger partial charge in [-0.3, -0.25) is 4.79 Å². The van der Waals surface area contributed by atoms with Crippen LogP contribution in [-0.4, -0.2) is 49.2 Å². The first-order valence-electron chi connectivity index (χ1n) is 6.30. The Kier molecular flexibility index (Phi) is 3.82. The second-order valence-electron chi connectivity index (χ2n) is 5.10. The molecule has 16 heavy (non-hydrogen) atoms. The van der Waals surface area contributed by atoms with Crippen molar-refractivity contribution >= 4 is 5.91 Å². The number of amides is 1. The molecule has 4 nitrogen and oxygen atoms in total. The monoisotopic (exact) mass is 226 g/mol. The number of hydrogen-bond acceptors (Lipinski definition) is 3. The second kappa shape index (κ2) is 5.15. The Labute approximate surface area is 97.3 Å². The molecule has 0 spiro atoms. The number of carbonyl (C=O) groups is 1. The lowest BCUT2D eigenvalue weighted by atomic mass is 9.92. The van der Waals surface area contributed by atoms with Gasteiger partial charge in [-0.05, 0) is 39.2 Å². The van der Waals surface area contributed by atoms with E-state index in [-0.39, 0.29) is 24.7 Å². The number of nitrogens with one attached hydrogen (secondary N) is 1. The van der Waals surface area contributed by atoms with Crippen molar-refractivity contribution in [1.29, 1.82) is 0 Å². The van der Waals surface area contributed by atoms with Gasteiger partial charge in [-0.1, -0.05) is 0 Å². The molecule has 0 aromatic heterocycles. The summed E-state index contributed by atoms with van der Waals surface area (Å²) in [6.07, 6.45) is 2.67. The third-order valence-corrected chi connectivity index (χ3v) is 3.60. The van der Waals surface area contributed by atoms with Crippen LogP contribution < -0.4 is 5.32 Å². The van der Waals surface area contributed by atoms with Gasteiger partial charge in [0.2, 0.25) is 5.91 Å². The number of carbonyl (C=O) groups excluding carboxylic acids is 1. The number of hydrogen-bond donors (Lipinski definition) is 1. The zero-order valence-corrected chi connectivity index (χ0v) is 10.2. The average molecular weight is 226 g/mol. The van der Waals surface area contributed by atoms with E-state index >= 15 is 0 Å². The molecular formula is C12H22N2O2. The lowest BCUT2D eigenvalue weighted by Crippen LogP contribution is -2.53. The Bertz CT molecular complexity index is 249. The molecule has 1 amide bonds. The molecule has 92 valence electrons. The number of ether oxygens (including phenoxy) is 1. The summed E-state index contributed by atoms with van der Waals surface area (Å²) in [5.41, 5.74) is 0. The zero-order valence-electron chi connectivity index (χ0n) is 10.2. The first kappa shape index (κ1) is 11.9. The van der Waals surface area contributed by atoms with Gasteiger partial charge in [0.15, 0.2) is 0 Å². The van der Waals surface area contributed by atoms with E-state index in [9.17, 15) is 4.79 Å². The van der Waals surface area contributed by atoms with Gasteiger partial charge in [0, 0.05) is 19.1 Å². The maximum absolute atomic E-state index is 11.6. The minimum atomic E-state index is 0.134. The zero-order chi connectivity index (χ0) is 11.5. The molecule has 2 aliphatic heterocycles. The molecule has 0 aromatic rings. The molecule has 0 radical (unpaired) electrons. The van der Waals surface area contributed by atoms with Gasteiger partial charge in [-0.15, -0.1) is 0 Å². The molecule has 2 saturated heterocycles. The largest absolute Gasteiger partial charge is 0.366 e. The molecule has 0 bridgehead atoms. The summed E-state index contributed by atoms with van der Waals surface area (Å²) in [5.74, 6) is 0.707. The highest BCUT2D eigenvalue weighted by atomic mass is 16.5. The van der Waals surface area contributed by atoms with E-state index in [4.69, 9.17) is 4.74 Å². The molecule has 0 aromatic carbocycles. The van der Waals surface area contributed by atoms with Gasteiger partial charge < -0.3 is 15.0 Å². The Balaban J connectivity index is 1.93. The van der Waals surface area contributed by atoms with Gasteiger partial charge in [-0.25, -0.2) is 0 Å². The molecule has 2 aliphatic rings. The minimum absolute atomic E-state index is 0.134. The Morgan fingerprint density at radius 2 is 2.31 bits per heavy atom. The maximum atomic E-state index is 11.6. The highest BCUT2D eigenvalue weighted by Crippen LogP contribution is 2.22. The summed E-state index contributed by atoms with van der Waals surface area (Å²) in [4.78, 5) is 13.6. The predicted molar refractivity (Wildman–Crippen MR) is 62.2 cm³/mol. The molecule has 2 fully saturated rings. The third kappa shape index (κ3) is 2.55. The first-order chi connectivity index (χ1) is 7.68. The lowest BCUT2D eigenvalue weighted by Gasteiger charge is -2.40. The minimum Gasteiger partial charge on any atom is -0.366 e. The summed E-state index contributed by atoms with van der Waals surface area (Å²) in [6, 6.07) is 0.287. The molecule has 0 aliphatic carbocycles. The molecule has 4 heteroatoms. The van der Waals surface area contributed by atoms with Crippen molar-refractivity contribution < 1.29 is 9.53 Å². The van der Waals surface area contributed by atoms with Crippen molar-refractivity contribution in [2.45, 2.75) is 38.8 Å². The van der Waals surface area contributed by atoms with E-state index in [0.29, 0.717) is 5.92 Å². The summed E-state index contributed by atoms with van der Waals surface area (Å²) >= 11 is 0. The molecular weight excluding hydrogens is 204 g/mol. The van der Waals surface area contributed by atoms with E-state index < -0.39 is 0 Å². The molecule has 2 unspecified atom stereocenters. The quantitative estimate of drug-likeness (QED) is 0.750. The van der Waals surface area contributed by atoms with E-state index in [1.165, 1.54) is 12.8 Å². The van der Waals surface area contributed by atoms with Gasteiger partial charge in [0.25, 0.3) is 0 Å². The van der Waals surface area contributed by atoms with Gasteiger partial charge >= 0.3 is 0 Å². The van der Waals surface area contributed by atoms with Crippen molar-refractivity contribution in [2.75, 3.05) is 26.2 Å². The predicted octanol–water partition coefficient (Wildman–Crippen LogP) is 0.622. The number of nitrogens with zero attached hydrogens (tertiary/aromatic N) is 1. The van der Waals surface area contributed by atoms with Crippen LogP contribution >= 0.6 is 0 Å². The van der Waals surface area contributed by atoms with Crippen LogP contribution in [0.1, 0.15) is 26.7 Å². The van der Waals surface area contributed by atoms with Crippen molar-refractivity contribution in [3.05, 3.63) is 0 Å². The van der Waals surface area contributed by atoms with E-state index in [1.54, 1.807) is 0 Å². The van der Waals surface area contributed by atoms with Crippen LogP contribution in [0.15, 0.2) is 0 Å². The standard InChI is InChI=1S/C12H22N2O2/c1-9(2)14-7-11(16-8-12(14)15)10-4-3-5-13-6-10/h9-11,13H,3-8H2,1-2H3. The second-order valence-corrected chi connectivity index (χ2v) is 5.10. The van der Waals surface area contributed by atoms with Crippen molar-refractivity contribution in [1.82, 2.24) is 10.2 Å². The fourth-order valence-corrected chi connectivity index (χ4v) is 2.59. The molecule has 2 rings (SSSR count). The summed E-state index contributed by atoms with van der Waals surface area (Å²) in [5, 5.41) is 3.40. The average Bonchev–Trinajstić information content (AvgIpc) is 2.30. The number of morpholine rings is 1. The van der Waals surface area contributed by atoms with Gasteiger partial charge in [-0.2, -0.15) is 0 Å². The molecule has 2 heterocycles. The Hall–Kier alpha value is -0.610. The smallest absolute Gasteiger partial charge is 0.248 e. The fourth-order valence-electron chi connectivity index (χ4n) is 2.59. The third-order valence-electron chi connectivity index (χ3n) is 3.60. The van der Waals surface area contributed by atoms with Crippen LogP contribution in [0.2, 0.25) is 0 Å². The van der Waals surface area contributed by atoms with E-state index in [1.807, 2.05) is 4.90 Å².